The molecule has 2 N–H and O–H groups in total. The molecule has 0 atom stereocenters. The van der Waals surface area contributed by atoms with Crippen LogP contribution in [0.4, 0.5) is 5.95 Å². The van der Waals surface area contributed by atoms with Crippen molar-refractivity contribution in [3.05, 3.63) is 12.4 Å². The molecule has 1 heterocycles. The second-order valence-corrected chi connectivity index (χ2v) is 2.94. The lowest BCUT2D eigenvalue weighted by Gasteiger charge is -2.00. The fourth-order valence-corrected chi connectivity index (χ4v) is 1.06. The van der Waals surface area contributed by atoms with Crippen molar-refractivity contribution in [3.63, 3.8) is 0 Å². The van der Waals surface area contributed by atoms with Gasteiger partial charge in [-0.15, -0.1) is 0 Å². The van der Waals surface area contributed by atoms with Gasteiger partial charge in [0.15, 0.2) is 0 Å². The average Bonchev–Trinajstić information content (AvgIpc) is 2.57. The molecule has 0 unspecified atom stereocenters. The van der Waals surface area contributed by atoms with Crippen LogP contribution in [0.5, 0.6) is 0 Å². The third-order valence-corrected chi connectivity index (χ3v) is 1.76. The molecule has 0 aliphatic rings. The number of hydrogen-bond donors (Lipinski definition) is 2. The molecule has 4 heteroatoms. The Morgan fingerprint density at radius 2 is 2.46 bits per heavy atom. The lowest BCUT2D eigenvalue weighted by molar-refractivity contribution is -0.116. The van der Waals surface area contributed by atoms with Gasteiger partial charge in [-0.05, 0) is 6.42 Å². The van der Waals surface area contributed by atoms with Crippen LogP contribution in [0.2, 0.25) is 0 Å². The summed E-state index contributed by atoms with van der Waals surface area (Å²) in [6.07, 6.45) is 7.06. The summed E-state index contributed by atoms with van der Waals surface area (Å²) in [5.74, 6) is 0.560. The first-order valence-corrected chi connectivity index (χ1v) is 4.62. The number of hydrogen-bond acceptors (Lipinski definition) is 2. The molecule has 0 saturated heterocycles. The van der Waals surface area contributed by atoms with Gasteiger partial charge < -0.3 is 4.98 Å². The van der Waals surface area contributed by atoms with Gasteiger partial charge in [-0.3, -0.25) is 10.1 Å². The van der Waals surface area contributed by atoms with Gasteiger partial charge in [0.05, 0.1) is 0 Å². The molecule has 72 valence electrons. The summed E-state index contributed by atoms with van der Waals surface area (Å²) in [6.45, 7) is 2.12. The van der Waals surface area contributed by atoms with Gasteiger partial charge in [0, 0.05) is 18.8 Å². The van der Waals surface area contributed by atoms with Crippen molar-refractivity contribution in [1.29, 1.82) is 0 Å². The van der Waals surface area contributed by atoms with Gasteiger partial charge in [-0.1, -0.05) is 19.8 Å². The number of nitrogens with one attached hydrogen (secondary N) is 2. The van der Waals surface area contributed by atoms with Gasteiger partial charge in [0.1, 0.15) is 0 Å². The van der Waals surface area contributed by atoms with E-state index in [-0.39, 0.29) is 5.91 Å². The molecule has 0 saturated carbocycles. The predicted octanol–water partition coefficient (Wildman–Crippen LogP) is 1.93. The Labute approximate surface area is 77.8 Å². The second kappa shape index (κ2) is 5.35. The zero-order valence-electron chi connectivity index (χ0n) is 7.84. The standard InChI is InChI=1S/C9H15N3O/c1-2-3-4-5-8(13)12-9-10-6-7-11-9/h6-7H,2-5H2,1H3,(H2,10,11,12,13). The van der Waals surface area contributed by atoms with Gasteiger partial charge in [0.25, 0.3) is 0 Å². The number of anilines is 1. The SMILES string of the molecule is CCCCCC(=O)Nc1ncc[nH]1. The number of rotatable bonds is 5. The number of carbonyl (C=O) groups excluding carboxylic acids is 1. The first-order valence-electron chi connectivity index (χ1n) is 4.62. The highest BCUT2D eigenvalue weighted by Gasteiger charge is 2.01. The largest absolute Gasteiger partial charge is 0.331 e. The van der Waals surface area contributed by atoms with Crippen molar-refractivity contribution < 1.29 is 4.79 Å². The number of carbonyl (C=O) groups is 1. The van der Waals surface area contributed by atoms with Crippen LogP contribution in [0.15, 0.2) is 12.4 Å². The Morgan fingerprint density at radius 3 is 3.08 bits per heavy atom. The molecule has 0 radical (unpaired) electrons. The van der Waals surface area contributed by atoms with E-state index in [0.29, 0.717) is 12.4 Å². The molecule has 0 aromatic carbocycles. The normalized spacial score (nSPS) is 9.92. The van der Waals surface area contributed by atoms with Crippen molar-refractivity contribution in [3.8, 4) is 0 Å². The highest BCUT2D eigenvalue weighted by Crippen LogP contribution is 2.01. The minimum Gasteiger partial charge on any atom is -0.331 e. The number of aromatic nitrogens is 2. The summed E-state index contributed by atoms with van der Waals surface area (Å²) in [4.78, 5) is 17.9. The third kappa shape index (κ3) is 3.73. The fraction of sp³-hybridized carbons (Fsp3) is 0.556. The van der Waals surface area contributed by atoms with Gasteiger partial charge in [-0.25, -0.2) is 4.98 Å². The van der Waals surface area contributed by atoms with E-state index in [1.807, 2.05) is 0 Å². The maximum atomic E-state index is 11.2. The van der Waals surface area contributed by atoms with E-state index in [1.165, 1.54) is 0 Å². The Morgan fingerprint density at radius 1 is 1.62 bits per heavy atom. The highest BCUT2D eigenvalue weighted by atomic mass is 16.1. The lowest BCUT2D eigenvalue weighted by Crippen LogP contribution is -2.11. The van der Waals surface area contributed by atoms with Gasteiger partial charge >= 0.3 is 0 Å². The second-order valence-electron chi connectivity index (χ2n) is 2.94. The fourth-order valence-electron chi connectivity index (χ4n) is 1.06. The Hall–Kier alpha value is -1.32. The van der Waals surface area contributed by atoms with Crippen LogP contribution in [-0.4, -0.2) is 15.9 Å². The molecule has 13 heavy (non-hydrogen) atoms. The quantitative estimate of drug-likeness (QED) is 0.682. The van der Waals surface area contributed by atoms with Crippen LogP contribution in [0.3, 0.4) is 0 Å². The van der Waals surface area contributed by atoms with E-state index in [0.717, 1.165) is 19.3 Å². The molecule has 1 rings (SSSR count). The Bertz CT molecular complexity index is 243. The van der Waals surface area contributed by atoms with Crippen molar-refractivity contribution >= 4 is 11.9 Å². The summed E-state index contributed by atoms with van der Waals surface area (Å²) < 4.78 is 0. The van der Waals surface area contributed by atoms with Crippen molar-refractivity contribution in [2.75, 3.05) is 5.32 Å². The van der Waals surface area contributed by atoms with Crippen molar-refractivity contribution in [1.82, 2.24) is 9.97 Å². The summed E-state index contributed by atoms with van der Waals surface area (Å²) >= 11 is 0. The van der Waals surface area contributed by atoms with E-state index >= 15 is 0 Å². The minimum absolute atomic E-state index is 0.0309. The summed E-state index contributed by atoms with van der Waals surface area (Å²) in [7, 11) is 0. The number of imidazole rings is 1. The molecular formula is C9H15N3O. The molecule has 0 fully saturated rings. The van der Waals surface area contributed by atoms with Crippen LogP contribution < -0.4 is 5.32 Å². The van der Waals surface area contributed by atoms with E-state index in [2.05, 4.69) is 22.2 Å². The third-order valence-electron chi connectivity index (χ3n) is 1.76. The number of amides is 1. The predicted molar refractivity (Wildman–Crippen MR) is 51.4 cm³/mol. The Balaban J connectivity index is 2.18. The van der Waals surface area contributed by atoms with E-state index in [1.54, 1.807) is 12.4 Å². The molecular weight excluding hydrogens is 166 g/mol. The van der Waals surface area contributed by atoms with E-state index in [9.17, 15) is 4.79 Å². The molecule has 0 aliphatic heterocycles. The highest BCUT2D eigenvalue weighted by molar-refractivity contribution is 5.88. The first-order chi connectivity index (χ1) is 6.33. The maximum absolute atomic E-state index is 11.2. The van der Waals surface area contributed by atoms with Crippen LogP contribution in [0.25, 0.3) is 0 Å². The molecule has 4 nitrogen and oxygen atoms in total. The smallest absolute Gasteiger partial charge is 0.226 e. The zero-order chi connectivity index (χ0) is 9.52. The number of aromatic amines is 1. The number of unbranched alkanes of at least 4 members (excludes halogenated alkanes) is 2. The maximum Gasteiger partial charge on any atom is 0.226 e. The van der Waals surface area contributed by atoms with Crippen LogP contribution in [0.1, 0.15) is 32.6 Å². The average molecular weight is 181 g/mol. The summed E-state index contributed by atoms with van der Waals surface area (Å²) in [5, 5.41) is 2.68. The van der Waals surface area contributed by atoms with Crippen LogP contribution >= 0.6 is 0 Å². The number of nitrogens with zero attached hydrogens (tertiary/aromatic N) is 1. The van der Waals surface area contributed by atoms with Gasteiger partial charge in [-0.2, -0.15) is 0 Å². The summed E-state index contributed by atoms with van der Waals surface area (Å²) in [5.41, 5.74) is 0. The van der Waals surface area contributed by atoms with Crippen LogP contribution in [0, 0.1) is 0 Å². The van der Waals surface area contributed by atoms with E-state index in [4.69, 9.17) is 0 Å². The Kier molecular flexibility index (Phi) is 4.02. The minimum atomic E-state index is 0.0309. The van der Waals surface area contributed by atoms with E-state index < -0.39 is 0 Å². The topological polar surface area (TPSA) is 57.8 Å². The van der Waals surface area contributed by atoms with Crippen molar-refractivity contribution in [2.24, 2.45) is 0 Å². The summed E-state index contributed by atoms with van der Waals surface area (Å²) in [6, 6.07) is 0. The zero-order valence-corrected chi connectivity index (χ0v) is 7.84. The monoisotopic (exact) mass is 181 g/mol. The molecule has 0 bridgehead atoms. The molecule has 0 aliphatic carbocycles. The lowest BCUT2D eigenvalue weighted by atomic mass is 10.2. The molecule has 1 amide bonds. The number of H-pyrrole nitrogens is 1. The van der Waals surface area contributed by atoms with Gasteiger partial charge in [0.2, 0.25) is 11.9 Å². The van der Waals surface area contributed by atoms with Crippen LogP contribution in [-0.2, 0) is 4.79 Å². The van der Waals surface area contributed by atoms with Crippen molar-refractivity contribution in [2.45, 2.75) is 32.6 Å². The molecule has 1 aromatic heterocycles. The first kappa shape index (κ1) is 9.77. The molecule has 1 aromatic rings. The molecule has 0 spiro atoms.